The number of rotatable bonds is 4. The molecule has 0 aliphatic carbocycles. The van der Waals surface area contributed by atoms with Crippen molar-refractivity contribution >= 4 is 21.7 Å². The minimum atomic E-state index is -0.854. The number of nitrogens with two attached hydrogens (primary N) is 1. The SMILES string of the molecule is COc1c(O)c(F)cc(Br)c1C(=O)CCN. The topological polar surface area (TPSA) is 72.5 Å². The number of hydrogen-bond acceptors (Lipinski definition) is 4. The lowest BCUT2D eigenvalue weighted by molar-refractivity contribution is 0.0981. The fourth-order valence-electron chi connectivity index (χ4n) is 1.30. The molecule has 1 aromatic rings. The van der Waals surface area contributed by atoms with E-state index in [0.717, 1.165) is 6.07 Å². The van der Waals surface area contributed by atoms with Crippen molar-refractivity contribution in [2.45, 2.75) is 6.42 Å². The van der Waals surface area contributed by atoms with Gasteiger partial charge in [0.2, 0.25) is 0 Å². The number of methoxy groups -OCH3 is 1. The highest BCUT2D eigenvalue weighted by molar-refractivity contribution is 9.10. The Balaban J connectivity index is 3.36. The van der Waals surface area contributed by atoms with Crippen LogP contribution in [0.5, 0.6) is 11.5 Å². The molecule has 0 radical (unpaired) electrons. The van der Waals surface area contributed by atoms with Gasteiger partial charge in [0, 0.05) is 10.9 Å². The van der Waals surface area contributed by atoms with Gasteiger partial charge in [-0.2, -0.15) is 0 Å². The summed E-state index contributed by atoms with van der Waals surface area (Å²) in [5.74, 6) is -2.02. The molecule has 0 heterocycles. The van der Waals surface area contributed by atoms with Crippen molar-refractivity contribution < 1.29 is 19.0 Å². The normalized spacial score (nSPS) is 10.2. The number of hydrogen-bond donors (Lipinski definition) is 2. The monoisotopic (exact) mass is 291 g/mol. The van der Waals surface area contributed by atoms with Gasteiger partial charge in [-0.1, -0.05) is 0 Å². The molecule has 6 heteroatoms. The van der Waals surface area contributed by atoms with E-state index < -0.39 is 11.6 Å². The second-order valence-electron chi connectivity index (χ2n) is 3.06. The molecule has 0 saturated heterocycles. The van der Waals surface area contributed by atoms with Crippen molar-refractivity contribution in [2.24, 2.45) is 5.73 Å². The third kappa shape index (κ3) is 2.33. The first kappa shape index (κ1) is 12.9. The van der Waals surface area contributed by atoms with E-state index in [1.807, 2.05) is 0 Å². The van der Waals surface area contributed by atoms with Crippen molar-refractivity contribution in [3.8, 4) is 11.5 Å². The summed E-state index contributed by atoms with van der Waals surface area (Å²) in [6, 6.07) is 1.02. The lowest BCUT2D eigenvalue weighted by Crippen LogP contribution is -2.10. The van der Waals surface area contributed by atoms with Crippen LogP contribution in [-0.2, 0) is 0 Å². The summed E-state index contributed by atoms with van der Waals surface area (Å²) in [6.45, 7) is 0.173. The number of benzene rings is 1. The molecule has 3 N–H and O–H groups in total. The van der Waals surface area contributed by atoms with Crippen LogP contribution in [0.2, 0.25) is 0 Å². The van der Waals surface area contributed by atoms with E-state index in [1.54, 1.807) is 0 Å². The first-order chi connectivity index (χ1) is 7.52. The van der Waals surface area contributed by atoms with Crippen LogP contribution in [0, 0.1) is 5.82 Å². The highest BCUT2D eigenvalue weighted by Crippen LogP contribution is 2.38. The molecule has 0 atom stereocenters. The van der Waals surface area contributed by atoms with Crippen LogP contribution < -0.4 is 10.5 Å². The molecule has 0 amide bonds. The molecule has 0 spiro atoms. The molecule has 4 nitrogen and oxygen atoms in total. The molecule has 16 heavy (non-hydrogen) atoms. The molecular formula is C10H11BrFNO3. The Kier molecular flexibility index (Phi) is 4.26. The predicted molar refractivity (Wildman–Crippen MR) is 60.3 cm³/mol. The number of carbonyl (C=O) groups excluding carboxylic acids is 1. The number of ether oxygens (including phenoxy) is 1. The number of carbonyl (C=O) groups is 1. The van der Waals surface area contributed by atoms with E-state index in [-0.39, 0.29) is 34.5 Å². The standard InChI is InChI=1S/C10H11BrFNO3/c1-16-10-8(7(14)2-3-13)5(11)4-6(12)9(10)15/h4,15H,2-3,13H2,1H3. The van der Waals surface area contributed by atoms with Crippen molar-refractivity contribution in [3.63, 3.8) is 0 Å². The first-order valence-corrected chi connectivity index (χ1v) is 5.30. The second-order valence-corrected chi connectivity index (χ2v) is 3.91. The number of Topliss-reactive ketones (excluding diaryl/α,β-unsaturated/α-hetero) is 1. The molecule has 0 aliphatic rings. The van der Waals surface area contributed by atoms with Crippen molar-refractivity contribution in [2.75, 3.05) is 13.7 Å². The van der Waals surface area contributed by atoms with E-state index in [2.05, 4.69) is 15.9 Å². The van der Waals surface area contributed by atoms with E-state index in [0.29, 0.717) is 0 Å². The van der Waals surface area contributed by atoms with E-state index in [4.69, 9.17) is 10.5 Å². The molecular weight excluding hydrogens is 281 g/mol. The van der Waals surface area contributed by atoms with Crippen LogP contribution in [0.3, 0.4) is 0 Å². The van der Waals surface area contributed by atoms with Crippen LogP contribution >= 0.6 is 15.9 Å². The maximum absolute atomic E-state index is 13.2. The third-order valence-electron chi connectivity index (χ3n) is 2.01. The summed E-state index contributed by atoms with van der Waals surface area (Å²) < 4.78 is 18.2. The van der Waals surface area contributed by atoms with Crippen LogP contribution in [0.15, 0.2) is 10.5 Å². The van der Waals surface area contributed by atoms with Crippen molar-refractivity contribution in [3.05, 3.63) is 21.9 Å². The summed E-state index contributed by atoms with van der Waals surface area (Å²) >= 11 is 3.05. The first-order valence-electron chi connectivity index (χ1n) is 4.51. The fraction of sp³-hybridized carbons (Fsp3) is 0.300. The molecule has 88 valence electrons. The predicted octanol–water partition coefficient (Wildman–Crippen LogP) is 1.83. The minimum Gasteiger partial charge on any atom is -0.502 e. The van der Waals surface area contributed by atoms with Gasteiger partial charge in [-0.3, -0.25) is 4.79 Å². The third-order valence-corrected chi connectivity index (χ3v) is 2.64. The van der Waals surface area contributed by atoms with E-state index in [1.165, 1.54) is 7.11 Å². The summed E-state index contributed by atoms with van der Waals surface area (Å²) in [4.78, 5) is 11.7. The molecule has 0 aliphatic heterocycles. The Bertz CT molecular complexity index is 423. The maximum atomic E-state index is 13.2. The van der Waals surface area contributed by atoms with Gasteiger partial charge >= 0.3 is 0 Å². The Morgan fingerprint density at radius 1 is 1.69 bits per heavy atom. The van der Waals surface area contributed by atoms with Gasteiger partial charge in [-0.15, -0.1) is 0 Å². The number of phenols is 1. The zero-order chi connectivity index (χ0) is 12.3. The van der Waals surface area contributed by atoms with Gasteiger partial charge < -0.3 is 15.6 Å². The number of phenolic OH excluding ortho intramolecular Hbond substituents is 1. The molecule has 1 rings (SSSR count). The largest absolute Gasteiger partial charge is 0.502 e. The highest BCUT2D eigenvalue weighted by Gasteiger charge is 2.22. The molecule has 0 unspecified atom stereocenters. The minimum absolute atomic E-state index is 0.0973. The van der Waals surface area contributed by atoms with Crippen LogP contribution in [0.1, 0.15) is 16.8 Å². The maximum Gasteiger partial charge on any atom is 0.195 e. The quantitative estimate of drug-likeness (QED) is 0.830. The van der Waals surface area contributed by atoms with Gasteiger partial charge in [0.05, 0.1) is 12.7 Å². The van der Waals surface area contributed by atoms with Gasteiger partial charge in [0.25, 0.3) is 0 Å². The van der Waals surface area contributed by atoms with Crippen LogP contribution in [0.4, 0.5) is 4.39 Å². The number of ketones is 1. The molecule has 0 bridgehead atoms. The Labute approximate surface area is 100 Å². The Morgan fingerprint density at radius 3 is 2.81 bits per heavy atom. The van der Waals surface area contributed by atoms with Crippen LogP contribution in [-0.4, -0.2) is 24.5 Å². The molecule has 0 fully saturated rings. The second kappa shape index (κ2) is 5.27. The Morgan fingerprint density at radius 2 is 2.31 bits per heavy atom. The molecule has 0 aromatic heterocycles. The number of halogens is 2. The van der Waals surface area contributed by atoms with Gasteiger partial charge in [0.15, 0.2) is 23.1 Å². The van der Waals surface area contributed by atoms with E-state index >= 15 is 0 Å². The van der Waals surface area contributed by atoms with Crippen molar-refractivity contribution in [1.82, 2.24) is 0 Å². The molecule has 0 saturated carbocycles. The number of aromatic hydroxyl groups is 1. The van der Waals surface area contributed by atoms with E-state index in [9.17, 15) is 14.3 Å². The zero-order valence-corrected chi connectivity index (χ0v) is 10.2. The Hall–Kier alpha value is -1.14. The van der Waals surface area contributed by atoms with Crippen LogP contribution in [0.25, 0.3) is 0 Å². The smallest absolute Gasteiger partial charge is 0.195 e. The average Bonchev–Trinajstić information content (AvgIpc) is 2.23. The summed E-state index contributed by atoms with van der Waals surface area (Å²) in [5, 5.41) is 9.42. The summed E-state index contributed by atoms with van der Waals surface area (Å²) in [6.07, 6.45) is 0.0973. The van der Waals surface area contributed by atoms with Gasteiger partial charge in [0.1, 0.15) is 0 Å². The fourth-order valence-corrected chi connectivity index (χ4v) is 1.90. The van der Waals surface area contributed by atoms with Gasteiger partial charge in [-0.05, 0) is 28.5 Å². The zero-order valence-electron chi connectivity index (χ0n) is 8.59. The lowest BCUT2D eigenvalue weighted by atomic mass is 10.1. The lowest BCUT2D eigenvalue weighted by Gasteiger charge is -2.11. The molecule has 1 aromatic carbocycles. The average molecular weight is 292 g/mol. The summed E-state index contributed by atoms with van der Waals surface area (Å²) in [7, 11) is 1.25. The highest BCUT2D eigenvalue weighted by atomic mass is 79.9. The van der Waals surface area contributed by atoms with Crippen molar-refractivity contribution in [1.29, 1.82) is 0 Å². The summed E-state index contributed by atoms with van der Waals surface area (Å²) in [5.41, 5.74) is 5.37. The van der Waals surface area contributed by atoms with Gasteiger partial charge in [-0.25, -0.2) is 4.39 Å².